The van der Waals surface area contributed by atoms with Crippen LogP contribution in [0.2, 0.25) is 0 Å². The van der Waals surface area contributed by atoms with Gasteiger partial charge >= 0.3 is 0 Å². The van der Waals surface area contributed by atoms with Gasteiger partial charge in [0.25, 0.3) is 0 Å². The summed E-state index contributed by atoms with van der Waals surface area (Å²) < 4.78 is 11.2. The number of amides is 1. The Hall–Kier alpha value is -3.24. The minimum absolute atomic E-state index is 0.0213. The second-order valence-electron chi connectivity index (χ2n) is 9.19. The maximum atomic E-state index is 12.8. The summed E-state index contributed by atoms with van der Waals surface area (Å²) in [5.41, 5.74) is 2.72. The Bertz CT molecular complexity index is 1180. The standard InChI is InChI=1S/C24H29N7O3/c32-22(27-9-16-2-6-33-7-3-16)14-30-13-17-15-34-8-5-31(17)24-21(30)12-28-23(29-24)19-10-25-11-20-18(19)1-4-26-20/h1,4,10-12,16-17,26H,2-3,5-9,13-15H2,(H,27,32). The van der Waals surface area contributed by atoms with Gasteiger partial charge in [-0.15, -0.1) is 0 Å². The molecular formula is C24H29N7O3. The van der Waals surface area contributed by atoms with Crippen LogP contribution < -0.4 is 15.1 Å². The Balaban J connectivity index is 1.26. The third-order valence-corrected chi connectivity index (χ3v) is 7.00. The molecule has 0 aromatic carbocycles. The van der Waals surface area contributed by atoms with E-state index in [0.717, 1.165) is 60.6 Å². The van der Waals surface area contributed by atoms with Crippen molar-refractivity contribution in [2.45, 2.75) is 18.9 Å². The molecule has 10 heteroatoms. The number of pyridine rings is 1. The van der Waals surface area contributed by atoms with Crippen molar-refractivity contribution in [1.29, 1.82) is 0 Å². The third kappa shape index (κ3) is 4.07. The van der Waals surface area contributed by atoms with E-state index >= 15 is 0 Å². The van der Waals surface area contributed by atoms with Gasteiger partial charge in [0.15, 0.2) is 11.6 Å². The number of H-pyrrole nitrogens is 1. The number of anilines is 2. The van der Waals surface area contributed by atoms with Crippen LogP contribution in [0.4, 0.5) is 11.5 Å². The molecule has 6 heterocycles. The van der Waals surface area contributed by atoms with Gasteiger partial charge in [-0.1, -0.05) is 0 Å². The molecule has 0 spiro atoms. The first kappa shape index (κ1) is 21.3. The predicted molar refractivity (Wildman–Crippen MR) is 128 cm³/mol. The van der Waals surface area contributed by atoms with E-state index in [2.05, 4.69) is 25.1 Å². The molecule has 3 aromatic heterocycles. The SMILES string of the molecule is O=C(CN1CC2COCCN2c2nc(-c3cncc4[nH]ccc34)ncc21)NCC1CCOCC1. The predicted octanol–water partition coefficient (Wildman–Crippen LogP) is 1.59. The van der Waals surface area contributed by atoms with Crippen molar-refractivity contribution < 1.29 is 14.3 Å². The van der Waals surface area contributed by atoms with E-state index in [1.165, 1.54) is 0 Å². The normalized spacial score (nSPS) is 20.8. The smallest absolute Gasteiger partial charge is 0.239 e. The molecule has 0 aliphatic carbocycles. The first-order valence-electron chi connectivity index (χ1n) is 12.0. The van der Waals surface area contributed by atoms with Crippen LogP contribution in [-0.2, 0) is 14.3 Å². The van der Waals surface area contributed by atoms with Gasteiger partial charge in [0.1, 0.15) is 0 Å². The number of rotatable bonds is 5. The Morgan fingerprint density at radius 1 is 1.18 bits per heavy atom. The highest BCUT2D eigenvalue weighted by Crippen LogP contribution is 2.36. The highest BCUT2D eigenvalue weighted by Gasteiger charge is 2.35. The quantitative estimate of drug-likeness (QED) is 0.587. The van der Waals surface area contributed by atoms with E-state index in [0.29, 0.717) is 38.0 Å². The van der Waals surface area contributed by atoms with Crippen LogP contribution in [0.25, 0.3) is 22.3 Å². The largest absolute Gasteiger partial charge is 0.381 e. The van der Waals surface area contributed by atoms with Crippen LogP contribution in [0, 0.1) is 5.92 Å². The topological polar surface area (TPSA) is 108 Å². The molecule has 3 aliphatic heterocycles. The number of nitrogens with one attached hydrogen (secondary N) is 2. The lowest BCUT2D eigenvalue weighted by atomic mass is 10.0. The summed E-state index contributed by atoms with van der Waals surface area (Å²) in [6.07, 6.45) is 9.35. The van der Waals surface area contributed by atoms with Gasteiger partial charge in [0.2, 0.25) is 5.91 Å². The lowest BCUT2D eigenvalue weighted by Crippen LogP contribution is -2.57. The molecule has 1 unspecified atom stereocenters. The van der Waals surface area contributed by atoms with Crippen LogP contribution in [0.15, 0.2) is 30.9 Å². The van der Waals surface area contributed by atoms with E-state index in [1.807, 2.05) is 18.5 Å². The maximum Gasteiger partial charge on any atom is 0.239 e. The Labute approximate surface area is 197 Å². The molecule has 34 heavy (non-hydrogen) atoms. The number of fused-ring (bicyclic) bond motifs is 4. The first-order chi connectivity index (χ1) is 16.8. The van der Waals surface area contributed by atoms with Gasteiger partial charge in [-0.3, -0.25) is 9.78 Å². The highest BCUT2D eigenvalue weighted by molar-refractivity contribution is 5.93. The van der Waals surface area contributed by atoms with E-state index in [-0.39, 0.29) is 18.5 Å². The van der Waals surface area contributed by atoms with Crippen molar-refractivity contribution in [1.82, 2.24) is 25.3 Å². The van der Waals surface area contributed by atoms with Gasteiger partial charge in [-0.25, -0.2) is 9.97 Å². The Morgan fingerprint density at radius 3 is 3.00 bits per heavy atom. The molecule has 2 fully saturated rings. The molecule has 3 aromatic rings. The summed E-state index contributed by atoms with van der Waals surface area (Å²) >= 11 is 0. The van der Waals surface area contributed by atoms with Crippen molar-refractivity contribution in [3.8, 4) is 11.4 Å². The summed E-state index contributed by atoms with van der Waals surface area (Å²) in [4.78, 5) is 34.5. The zero-order chi connectivity index (χ0) is 22.9. The Kier molecular flexibility index (Phi) is 5.76. The number of carbonyl (C=O) groups excluding carboxylic acids is 1. The van der Waals surface area contributed by atoms with E-state index < -0.39 is 0 Å². The fraction of sp³-hybridized carbons (Fsp3) is 0.500. The van der Waals surface area contributed by atoms with Crippen LogP contribution >= 0.6 is 0 Å². The maximum absolute atomic E-state index is 12.8. The fourth-order valence-corrected chi connectivity index (χ4v) is 5.11. The second kappa shape index (κ2) is 9.19. The minimum atomic E-state index is 0.0213. The molecule has 1 amide bonds. The third-order valence-electron chi connectivity index (χ3n) is 7.00. The van der Waals surface area contributed by atoms with Gasteiger partial charge in [0, 0.05) is 56.2 Å². The van der Waals surface area contributed by atoms with Gasteiger partial charge in [-0.05, 0) is 24.8 Å². The molecular weight excluding hydrogens is 434 g/mol. The molecule has 2 saturated heterocycles. The molecule has 1 atom stereocenters. The highest BCUT2D eigenvalue weighted by atomic mass is 16.5. The molecule has 6 rings (SSSR count). The number of aromatic nitrogens is 4. The van der Waals surface area contributed by atoms with Crippen molar-refractivity contribution >= 4 is 28.3 Å². The van der Waals surface area contributed by atoms with E-state index in [1.54, 1.807) is 12.4 Å². The Morgan fingerprint density at radius 2 is 2.09 bits per heavy atom. The van der Waals surface area contributed by atoms with Gasteiger partial charge in [0.05, 0.1) is 49.4 Å². The number of aromatic amines is 1. The number of ether oxygens (including phenoxy) is 2. The van der Waals surface area contributed by atoms with Crippen molar-refractivity contribution in [2.75, 3.05) is 62.4 Å². The van der Waals surface area contributed by atoms with Crippen molar-refractivity contribution in [3.63, 3.8) is 0 Å². The zero-order valence-corrected chi connectivity index (χ0v) is 19.1. The fourth-order valence-electron chi connectivity index (χ4n) is 5.11. The average Bonchev–Trinajstić information content (AvgIpc) is 3.37. The average molecular weight is 464 g/mol. The summed E-state index contributed by atoms with van der Waals surface area (Å²) in [5, 5.41) is 4.16. The summed E-state index contributed by atoms with van der Waals surface area (Å²) in [6.45, 7) is 5.29. The molecule has 2 N–H and O–H groups in total. The molecule has 10 nitrogen and oxygen atoms in total. The molecule has 178 valence electrons. The second-order valence-corrected chi connectivity index (χ2v) is 9.19. The lowest BCUT2D eigenvalue weighted by molar-refractivity contribution is -0.120. The summed E-state index contributed by atoms with van der Waals surface area (Å²) in [7, 11) is 0. The first-order valence-corrected chi connectivity index (χ1v) is 12.0. The number of hydrogen-bond donors (Lipinski definition) is 2. The minimum Gasteiger partial charge on any atom is -0.381 e. The van der Waals surface area contributed by atoms with Gasteiger partial charge < -0.3 is 29.6 Å². The van der Waals surface area contributed by atoms with Gasteiger partial charge in [-0.2, -0.15) is 0 Å². The molecule has 0 bridgehead atoms. The summed E-state index contributed by atoms with van der Waals surface area (Å²) in [5.74, 6) is 2.00. The summed E-state index contributed by atoms with van der Waals surface area (Å²) in [6, 6.07) is 2.16. The zero-order valence-electron chi connectivity index (χ0n) is 19.1. The number of morpholine rings is 1. The lowest BCUT2D eigenvalue weighted by Gasteiger charge is -2.45. The van der Waals surface area contributed by atoms with Crippen LogP contribution in [0.3, 0.4) is 0 Å². The van der Waals surface area contributed by atoms with Crippen LogP contribution in [0.5, 0.6) is 0 Å². The monoisotopic (exact) mass is 463 g/mol. The molecule has 3 aliphatic rings. The van der Waals surface area contributed by atoms with E-state index in [9.17, 15) is 4.79 Å². The van der Waals surface area contributed by atoms with Crippen molar-refractivity contribution in [3.05, 3.63) is 30.9 Å². The molecule has 0 saturated carbocycles. The van der Waals surface area contributed by atoms with Crippen LogP contribution in [0.1, 0.15) is 12.8 Å². The van der Waals surface area contributed by atoms with E-state index in [4.69, 9.17) is 19.4 Å². The molecule has 0 radical (unpaired) electrons. The van der Waals surface area contributed by atoms with Crippen molar-refractivity contribution in [2.24, 2.45) is 5.92 Å². The van der Waals surface area contributed by atoms with Crippen LogP contribution in [-0.4, -0.2) is 84.5 Å². The number of nitrogens with zero attached hydrogens (tertiary/aromatic N) is 5. The number of hydrogen-bond acceptors (Lipinski definition) is 8. The number of carbonyl (C=O) groups is 1.